The molecule has 164 valence electrons. The predicted octanol–water partition coefficient (Wildman–Crippen LogP) is 3.37. The molecule has 2 amide bonds. The Bertz CT molecular complexity index is 1200. The number of rotatable bonds is 6. The van der Waals surface area contributed by atoms with Crippen LogP contribution in [0.15, 0.2) is 52.7 Å². The van der Waals surface area contributed by atoms with Gasteiger partial charge in [-0.3, -0.25) is 14.9 Å². The minimum Gasteiger partial charge on any atom is -0.351 e. The summed E-state index contributed by atoms with van der Waals surface area (Å²) in [6.07, 6.45) is 4.75. The van der Waals surface area contributed by atoms with Crippen LogP contribution in [0.25, 0.3) is 11.0 Å². The SMILES string of the molecule is CC(C)C=C(C#N)C(=O)N1CCC[C@@H]1Cn1c(NC(=O)c2ccno2)nc2ccccc21. The molecule has 0 bridgehead atoms. The van der Waals surface area contributed by atoms with Gasteiger partial charge in [0.2, 0.25) is 11.7 Å². The van der Waals surface area contributed by atoms with Gasteiger partial charge in [-0.05, 0) is 30.9 Å². The van der Waals surface area contributed by atoms with Crippen molar-refractivity contribution in [3.63, 3.8) is 0 Å². The van der Waals surface area contributed by atoms with Gasteiger partial charge in [0.05, 0.1) is 23.3 Å². The minimum absolute atomic E-state index is 0.0822. The predicted molar refractivity (Wildman–Crippen MR) is 117 cm³/mol. The van der Waals surface area contributed by atoms with Gasteiger partial charge in [-0.25, -0.2) is 4.98 Å². The first-order valence-corrected chi connectivity index (χ1v) is 10.6. The van der Waals surface area contributed by atoms with E-state index in [1.807, 2.05) is 48.7 Å². The lowest BCUT2D eigenvalue weighted by molar-refractivity contribution is -0.127. The highest BCUT2D eigenvalue weighted by atomic mass is 16.5. The number of amides is 2. The molecule has 9 heteroatoms. The smallest absolute Gasteiger partial charge is 0.296 e. The lowest BCUT2D eigenvalue weighted by Gasteiger charge is -2.26. The highest BCUT2D eigenvalue weighted by Gasteiger charge is 2.32. The Morgan fingerprint density at radius 1 is 1.34 bits per heavy atom. The van der Waals surface area contributed by atoms with Crippen LogP contribution in [0.1, 0.15) is 37.2 Å². The highest BCUT2D eigenvalue weighted by Crippen LogP contribution is 2.26. The van der Waals surface area contributed by atoms with Gasteiger partial charge in [0.15, 0.2) is 0 Å². The van der Waals surface area contributed by atoms with Crippen molar-refractivity contribution in [1.82, 2.24) is 19.6 Å². The number of fused-ring (bicyclic) bond motifs is 1. The molecule has 0 spiro atoms. The second kappa shape index (κ2) is 9.06. The maximum Gasteiger partial charge on any atom is 0.296 e. The average molecular weight is 432 g/mol. The molecule has 0 saturated carbocycles. The molecule has 2 aromatic heterocycles. The van der Waals surface area contributed by atoms with Crippen LogP contribution in [0.2, 0.25) is 0 Å². The number of allylic oxidation sites excluding steroid dienone is 1. The van der Waals surface area contributed by atoms with E-state index in [-0.39, 0.29) is 29.2 Å². The number of anilines is 1. The van der Waals surface area contributed by atoms with Crippen LogP contribution in [0.3, 0.4) is 0 Å². The van der Waals surface area contributed by atoms with Gasteiger partial charge in [-0.2, -0.15) is 5.26 Å². The number of nitriles is 1. The summed E-state index contributed by atoms with van der Waals surface area (Å²) in [7, 11) is 0. The normalized spacial score (nSPS) is 16.5. The maximum absolute atomic E-state index is 13.1. The molecule has 0 aliphatic carbocycles. The monoisotopic (exact) mass is 432 g/mol. The zero-order chi connectivity index (χ0) is 22.7. The molecule has 4 rings (SSSR count). The first-order valence-electron chi connectivity index (χ1n) is 10.6. The van der Waals surface area contributed by atoms with Gasteiger partial charge in [0, 0.05) is 19.2 Å². The quantitative estimate of drug-likeness (QED) is 0.471. The second-order valence-corrected chi connectivity index (χ2v) is 8.10. The summed E-state index contributed by atoms with van der Waals surface area (Å²) >= 11 is 0. The van der Waals surface area contributed by atoms with E-state index in [4.69, 9.17) is 4.52 Å². The summed E-state index contributed by atoms with van der Waals surface area (Å²) in [5.74, 6) is -0.153. The van der Waals surface area contributed by atoms with E-state index in [2.05, 4.69) is 15.5 Å². The second-order valence-electron chi connectivity index (χ2n) is 8.10. The fourth-order valence-corrected chi connectivity index (χ4v) is 4.00. The van der Waals surface area contributed by atoms with Crippen LogP contribution in [0.4, 0.5) is 5.95 Å². The summed E-state index contributed by atoms with van der Waals surface area (Å²) in [6.45, 7) is 4.91. The van der Waals surface area contributed by atoms with Crippen molar-refractivity contribution in [3.8, 4) is 6.07 Å². The molecule has 0 radical (unpaired) electrons. The van der Waals surface area contributed by atoms with Crippen molar-refractivity contribution < 1.29 is 14.1 Å². The standard InChI is InChI=1S/C23H24N6O3/c1-15(2)12-16(13-24)22(31)28-11-5-6-17(28)14-29-19-8-4-3-7-18(19)26-23(29)27-21(30)20-9-10-25-32-20/h3-4,7-10,12,15,17H,5-6,11,14H2,1-2H3,(H,26,27,30)/t17-/m1/s1. The van der Waals surface area contributed by atoms with Gasteiger partial charge in [-0.1, -0.05) is 37.2 Å². The van der Waals surface area contributed by atoms with Gasteiger partial charge in [-0.15, -0.1) is 0 Å². The molecule has 1 fully saturated rings. The number of carbonyl (C=O) groups is 2. The maximum atomic E-state index is 13.1. The van der Waals surface area contributed by atoms with Crippen molar-refractivity contribution in [3.05, 3.63) is 53.9 Å². The number of para-hydroxylation sites is 2. The first kappa shape index (κ1) is 21.3. The molecular weight excluding hydrogens is 408 g/mol. The number of hydrogen-bond acceptors (Lipinski definition) is 6. The van der Waals surface area contributed by atoms with E-state index in [9.17, 15) is 14.9 Å². The molecule has 3 heterocycles. The summed E-state index contributed by atoms with van der Waals surface area (Å²) in [4.78, 5) is 31.9. The molecule has 3 aromatic rings. The third-order valence-corrected chi connectivity index (χ3v) is 5.42. The number of likely N-dealkylation sites (tertiary alicyclic amines) is 1. The topological polar surface area (TPSA) is 117 Å². The van der Waals surface area contributed by atoms with Gasteiger partial charge in [0.25, 0.3) is 11.8 Å². The summed E-state index contributed by atoms with van der Waals surface area (Å²) in [6, 6.07) is 11.0. The van der Waals surface area contributed by atoms with E-state index in [1.54, 1.807) is 11.0 Å². The molecule has 9 nitrogen and oxygen atoms in total. The Balaban J connectivity index is 1.64. The van der Waals surface area contributed by atoms with Crippen molar-refractivity contribution in [2.45, 2.75) is 39.3 Å². The number of nitrogens with zero attached hydrogens (tertiary/aromatic N) is 5. The Kier molecular flexibility index (Phi) is 6.03. The van der Waals surface area contributed by atoms with Gasteiger partial charge < -0.3 is 14.0 Å². The Morgan fingerprint density at radius 2 is 2.16 bits per heavy atom. The van der Waals surface area contributed by atoms with Gasteiger partial charge >= 0.3 is 0 Å². The van der Waals surface area contributed by atoms with Crippen LogP contribution in [-0.4, -0.2) is 44.0 Å². The largest absolute Gasteiger partial charge is 0.351 e. The van der Waals surface area contributed by atoms with Crippen LogP contribution in [0.5, 0.6) is 0 Å². The molecule has 1 aromatic carbocycles. The Hall–Kier alpha value is -3.93. The molecular formula is C23H24N6O3. The Morgan fingerprint density at radius 3 is 2.88 bits per heavy atom. The van der Waals surface area contributed by atoms with Crippen molar-refractivity contribution in [1.29, 1.82) is 5.26 Å². The Labute approximate surface area is 185 Å². The van der Waals surface area contributed by atoms with Gasteiger partial charge in [0.1, 0.15) is 11.6 Å². The van der Waals surface area contributed by atoms with Crippen LogP contribution < -0.4 is 5.32 Å². The molecule has 1 aliphatic rings. The number of hydrogen-bond donors (Lipinski definition) is 1. The number of aromatic nitrogens is 3. The van der Waals surface area contributed by atoms with E-state index >= 15 is 0 Å². The van der Waals surface area contributed by atoms with Crippen molar-refractivity contribution >= 4 is 28.8 Å². The zero-order valence-electron chi connectivity index (χ0n) is 18.0. The molecule has 1 aliphatic heterocycles. The van der Waals surface area contributed by atoms with Crippen molar-refractivity contribution in [2.24, 2.45) is 5.92 Å². The van der Waals surface area contributed by atoms with Crippen LogP contribution >= 0.6 is 0 Å². The minimum atomic E-state index is -0.454. The number of imidazole rings is 1. The zero-order valence-corrected chi connectivity index (χ0v) is 18.0. The van der Waals surface area contributed by atoms with E-state index in [1.165, 1.54) is 12.3 Å². The summed E-state index contributed by atoms with van der Waals surface area (Å²) in [5.41, 5.74) is 1.74. The van der Waals surface area contributed by atoms with E-state index < -0.39 is 5.91 Å². The third-order valence-electron chi connectivity index (χ3n) is 5.42. The number of nitrogens with one attached hydrogen (secondary N) is 1. The van der Waals surface area contributed by atoms with E-state index in [0.717, 1.165) is 23.9 Å². The lowest BCUT2D eigenvalue weighted by Crippen LogP contribution is -2.39. The number of benzene rings is 1. The number of carbonyl (C=O) groups excluding carboxylic acids is 2. The fourth-order valence-electron chi connectivity index (χ4n) is 4.00. The summed E-state index contributed by atoms with van der Waals surface area (Å²) in [5, 5.41) is 15.8. The average Bonchev–Trinajstić information content (AvgIpc) is 3.53. The third kappa shape index (κ3) is 4.25. The molecule has 1 saturated heterocycles. The van der Waals surface area contributed by atoms with Crippen LogP contribution in [0, 0.1) is 17.2 Å². The molecule has 1 N–H and O–H groups in total. The molecule has 0 unspecified atom stereocenters. The highest BCUT2D eigenvalue weighted by molar-refractivity contribution is 6.02. The van der Waals surface area contributed by atoms with Crippen LogP contribution in [-0.2, 0) is 11.3 Å². The molecule has 1 atom stereocenters. The lowest BCUT2D eigenvalue weighted by atomic mass is 10.1. The fraction of sp³-hybridized carbons (Fsp3) is 0.348. The van der Waals surface area contributed by atoms with E-state index in [0.29, 0.717) is 19.0 Å². The first-order chi connectivity index (χ1) is 15.5. The summed E-state index contributed by atoms with van der Waals surface area (Å²) < 4.78 is 6.85. The van der Waals surface area contributed by atoms with Crippen molar-refractivity contribution in [2.75, 3.05) is 11.9 Å². The molecule has 32 heavy (non-hydrogen) atoms.